The molecule has 2 aromatic carbocycles. The Morgan fingerprint density at radius 3 is 2.32 bits per heavy atom. The van der Waals surface area contributed by atoms with Crippen LogP contribution in [0.15, 0.2) is 60.0 Å². The summed E-state index contributed by atoms with van der Waals surface area (Å²) in [4.78, 5) is 16.9. The fourth-order valence-electron chi connectivity index (χ4n) is 2.75. The van der Waals surface area contributed by atoms with Crippen molar-refractivity contribution in [1.82, 2.24) is 4.98 Å². The molecule has 0 bridgehead atoms. The highest BCUT2D eigenvalue weighted by Crippen LogP contribution is 2.29. The van der Waals surface area contributed by atoms with Crippen LogP contribution in [0.3, 0.4) is 0 Å². The monoisotopic (exact) mass is 350 g/mol. The number of hydrogen-bond acceptors (Lipinski definition) is 3. The minimum absolute atomic E-state index is 0.0756. The van der Waals surface area contributed by atoms with Gasteiger partial charge in [0, 0.05) is 28.1 Å². The zero-order valence-corrected chi connectivity index (χ0v) is 15.3. The molecule has 0 aliphatic carbocycles. The lowest BCUT2D eigenvalue weighted by Crippen LogP contribution is -2.21. The Labute approximate surface area is 152 Å². The van der Waals surface area contributed by atoms with Crippen molar-refractivity contribution < 1.29 is 4.79 Å². The van der Waals surface area contributed by atoms with Crippen molar-refractivity contribution in [3.05, 3.63) is 60.0 Å². The average molecular weight is 350 g/mol. The smallest absolute Gasteiger partial charge is 0.227 e. The first-order valence-corrected chi connectivity index (χ1v) is 9.51. The highest BCUT2D eigenvalue weighted by Gasteiger charge is 2.14. The van der Waals surface area contributed by atoms with E-state index in [-0.39, 0.29) is 11.8 Å². The molecule has 128 valence electrons. The zero-order valence-electron chi connectivity index (χ0n) is 14.5. The SMILES string of the molecule is CCC(CC)C(=O)Nc1ccc(-c2csc(-c3ccccc3)n2)cc1. The maximum absolute atomic E-state index is 12.2. The van der Waals surface area contributed by atoms with Crippen molar-refractivity contribution in [1.29, 1.82) is 0 Å². The largest absolute Gasteiger partial charge is 0.326 e. The summed E-state index contributed by atoms with van der Waals surface area (Å²) in [7, 11) is 0. The van der Waals surface area contributed by atoms with Crippen LogP contribution in [0, 0.1) is 5.92 Å². The van der Waals surface area contributed by atoms with Gasteiger partial charge in [0.25, 0.3) is 0 Å². The van der Waals surface area contributed by atoms with Gasteiger partial charge in [0.05, 0.1) is 5.69 Å². The number of aromatic nitrogens is 1. The second-order valence-corrected chi connectivity index (χ2v) is 6.84. The van der Waals surface area contributed by atoms with Crippen molar-refractivity contribution in [3.8, 4) is 21.8 Å². The molecule has 3 nitrogen and oxygen atoms in total. The molecule has 0 aliphatic heterocycles. The fraction of sp³-hybridized carbons (Fsp3) is 0.238. The number of hydrogen-bond donors (Lipinski definition) is 1. The van der Waals surface area contributed by atoms with Crippen LogP contribution in [0.2, 0.25) is 0 Å². The molecule has 0 saturated carbocycles. The van der Waals surface area contributed by atoms with Crippen molar-refractivity contribution in [3.63, 3.8) is 0 Å². The van der Waals surface area contributed by atoms with E-state index in [1.807, 2.05) is 56.3 Å². The molecule has 0 saturated heterocycles. The summed E-state index contributed by atoms with van der Waals surface area (Å²) in [5.41, 5.74) is 3.98. The summed E-state index contributed by atoms with van der Waals surface area (Å²) in [5, 5.41) is 6.08. The summed E-state index contributed by atoms with van der Waals surface area (Å²) in [6, 6.07) is 18.1. The van der Waals surface area contributed by atoms with Crippen LogP contribution in [-0.2, 0) is 4.79 Å². The lowest BCUT2D eigenvalue weighted by Gasteiger charge is -2.12. The predicted octanol–water partition coefficient (Wildman–Crippen LogP) is 5.85. The molecule has 0 spiro atoms. The molecule has 1 heterocycles. The standard InChI is InChI=1S/C21H22N2OS/c1-3-15(4-2)20(24)22-18-12-10-16(11-13-18)19-14-25-21(23-19)17-8-6-5-7-9-17/h5-15H,3-4H2,1-2H3,(H,22,24). The van der Waals surface area contributed by atoms with E-state index in [1.54, 1.807) is 11.3 Å². The van der Waals surface area contributed by atoms with E-state index in [0.29, 0.717) is 0 Å². The summed E-state index contributed by atoms with van der Waals surface area (Å²) < 4.78 is 0. The number of benzene rings is 2. The molecule has 0 radical (unpaired) electrons. The van der Waals surface area contributed by atoms with E-state index in [9.17, 15) is 4.79 Å². The summed E-state index contributed by atoms with van der Waals surface area (Å²) >= 11 is 1.64. The molecule has 0 fully saturated rings. The number of thiazole rings is 1. The van der Waals surface area contributed by atoms with Crippen molar-refractivity contribution in [2.24, 2.45) is 5.92 Å². The minimum atomic E-state index is 0.0756. The molecule has 0 unspecified atom stereocenters. The average Bonchev–Trinajstić information content (AvgIpc) is 3.14. The molecule has 0 atom stereocenters. The highest BCUT2D eigenvalue weighted by molar-refractivity contribution is 7.13. The van der Waals surface area contributed by atoms with Gasteiger partial charge in [0.15, 0.2) is 0 Å². The number of nitrogens with one attached hydrogen (secondary N) is 1. The number of rotatable bonds is 6. The van der Waals surface area contributed by atoms with Gasteiger partial charge in [-0.3, -0.25) is 4.79 Å². The third-order valence-electron chi connectivity index (χ3n) is 4.33. The van der Waals surface area contributed by atoms with Crippen LogP contribution < -0.4 is 5.32 Å². The Bertz CT molecular complexity index is 821. The van der Waals surface area contributed by atoms with Crippen LogP contribution >= 0.6 is 11.3 Å². The minimum Gasteiger partial charge on any atom is -0.326 e. The first-order valence-electron chi connectivity index (χ1n) is 8.63. The maximum atomic E-state index is 12.2. The zero-order chi connectivity index (χ0) is 17.6. The predicted molar refractivity (Wildman–Crippen MR) is 106 cm³/mol. The van der Waals surface area contributed by atoms with Crippen LogP contribution in [0.5, 0.6) is 0 Å². The molecule has 0 aliphatic rings. The van der Waals surface area contributed by atoms with E-state index in [2.05, 4.69) is 22.8 Å². The second-order valence-electron chi connectivity index (χ2n) is 5.98. The Hall–Kier alpha value is -2.46. The third kappa shape index (κ3) is 4.15. The Kier molecular flexibility index (Phi) is 5.61. The number of carbonyl (C=O) groups is 1. The van der Waals surface area contributed by atoms with Gasteiger partial charge < -0.3 is 5.32 Å². The van der Waals surface area contributed by atoms with Crippen LogP contribution in [-0.4, -0.2) is 10.9 Å². The van der Waals surface area contributed by atoms with Crippen LogP contribution in [0.1, 0.15) is 26.7 Å². The quantitative estimate of drug-likeness (QED) is 0.606. The van der Waals surface area contributed by atoms with Crippen molar-refractivity contribution in [2.45, 2.75) is 26.7 Å². The Balaban J connectivity index is 1.73. The molecule has 3 aromatic rings. The van der Waals surface area contributed by atoms with E-state index >= 15 is 0 Å². The van der Waals surface area contributed by atoms with Crippen molar-refractivity contribution >= 4 is 22.9 Å². The normalized spacial score (nSPS) is 10.8. The second kappa shape index (κ2) is 8.08. The van der Waals surface area contributed by atoms with Crippen LogP contribution in [0.4, 0.5) is 5.69 Å². The molecule has 3 rings (SSSR count). The van der Waals surface area contributed by atoms with Gasteiger partial charge in [-0.1, -0.05) is 56.3 Å². The number of amides is 1. The van der Waals surface area contributed by atoms with Gasteiger partial charge in [-0.15, -0.1) is 11.3 Å². The summed E-state index contributed by atoms with van der Waals surface area (Å²) in [6.45, 7) is 4.09. The molecular formula is C21H22N2OS. The van der Waals surface area contributed by atoms with Gasteiger partial charge >= 0.3 is 0 Å². The van der Waals surface area contributed by atoms with E-state index in [1.165, 1.54) is 0 Å². The van der Waals surface area contributed by atoms with Gasteiger partial charge in [0.2, 0.25) is 5.91 Å². The van der Waals surface area contributed by atoms with Gasteiger partial charge in [-0.25, -0.2) is 4.98 Å². The number of carbonyl (C=O) groups excluding carboxylic acids is 1. The summed E-state index contributed by atoms with van der Waals surface area (Å²) in [6.07, 6.45) is 1.73. The highest BCUT2D eigenvalue weighted by atomic mass is 32.1. The Morgan fingerprint density at radius 1 is 1.00 bits per heavy atom. The molecular weight excluding hydrogens is 328 g/mol. The van der Waals surface area contributed by atoms with Crippen LogP contribution in [0.25, 0.3) is 21.8 Å². The topological polar surface area (TPSA) is 42.0 Å². The van der Waals surface area contributed by atoms with Gasteiger partial charge in [0.1, 0.15) is 5.01 Å². The van der Waals surface area contributed by atoms with Crippen molar-refractivity contribution in [2.75, 3.05) is 5.32 Å². The molecule has 1 N–H and O–H groups in total. The molecule has 4 heteroatoms. The third-order valence-corrected chi connectivity index (χ3v) is 5.22. The number of nitrogens with zero attached hydrogens (tertiary/aromatic N) is 1. The fourth-order valence-corrected chi connectivity index (χ4v) is 3.58. The van der Waals surface area contributed by atoms with E-state index < -0.39 is 0 Å². The lowest BCUT2D eigenvalue weighted by molar-refractivity contribution is -0.120. The van der Waals surface area contributed by atoms with Gasteiger partial charge in [-0.2, -0.15) is 0 Å². The van der Waals surface area contributed by atoms with E-state index in [0.717, 1.165) is 40.4 Å². The summed E-state index contributed by atoms with van der Waals surface area (Å²) in [5.74, 6) is 0.171. The molecule has 1 amide bonds. The first-order chi connectivity index (χ1) is 12.2. The molecule has 1 aromatic heterocycles. The maximum Gasteiger partial charge on any atom is 0.227 e. The van der Waals surface area contributed by atoms with Gasteiger partial charge in [-0.05, 0) is 25.0 Å². The Morgan fingerprint density at radius 2 is 1.68 bits per heavy atom. The number of anilines is 1. The first kappa shape index (κ1) is 17.4. The lowest BCUT2D eigenvalue weighted by atomic mass is 10.0. The molecule has 25 heavy (non-hydrogen) atoms. The van der Waals surface area contributed by atoms with E-state index in [4.69, 9.17) is 4.98 Å².